The summed E-state index contributed by atoms with van der Waals surface area (Å²) >= 11 is 0. The summed E-state index contributed by atoms with van der Waals surface area (Å²) in [6, 6.07) is 5.45. The molecular formula is C11H15NO2. The van der Waals surface area contributed by atoms with Gasteiger partial charge in [-0.3, -0.25) is 0 Å². The molecular weight excluding hydrogens is 178 g/mol. The molecule has 2 N–H and O–H groups in total. The van der Waals surface area contributed by atoms with Crippen LogP contribution in [0.1, 0.15) is 17.9 Å². The van der Waals surface area contributed by atoms with Crippen molar-refractivity contribution in [3.63, 3.8) is 0 Å². The van der Waals surface area contributed by atoms with Gasteiger partial charge in [0.15, 0.2) is 0 Å². The van der Waals surface area contributed by atoms with Crippen molar-refractivity contribution >= 4 is 0 Å². The second-order valence-electron chi connectivity index (χ2n) is 3.59. The van der Waals surface area contributed by atoms with E-state index in [1.165, 1.54) is 0 Å². The molecule has 0 radical (unpaired) electrons. The summed E-state index contributed by atoms with van der Waals surface area (Å²) in [6.07, 6.45) is 1.00. The Balaban J connectivity index is 2.20. The maximum absolute atomic E-state index is 9.70. The van der Waals surface area contributed by atoms with Gasteiger partial charge in [0.2, 0.25) is 0 Å². The summed E-state index contributed by atoms with van der Waals surface area (Å²) in [4.78, 5) is 0. The SMILES string of the molecule is CNCCC1COc2cccc(O)c21. The minimum absolute atomic E-state index is 0.332. The van der Waals surface area contributed by atoms with Gasteiger partial charge in [-0.2, -0.15) is 0 Å². The molecule has 1 aliphatic rings. The van der Waals surface area contributed by atoms with Crippen molar-refractivity contribution < 1.29 is 9.84 Å². The van der Waals surface area contributed by atoms with Gasteiger partial charge in [-0.05, 0) is 32.1 Å². The second-order valence-corrected chi connectivity index (χ2v) is 3.59. The molecule has 1 unspecified atom stereocenters. The Bertz CT molecular complexity index is 325. The highest BCUT2D eigenvalue weighted by atomic mass is 16.5. The number of nitrogens with one attached hydrogen (secondary N) is 1. The first-order chi connectivity index (χ1) is 6.83. The number of hydrogen-bond acceptors (Lipinski definition) is 3. The molecule has 3 nitrogen and oxygen atoms in total. The van der Waals surface area contributed by atoms with Crippen LogP contribution >= 0.6 is 0 Å². The maximum atomic E-state index is 9.70. The quantitative estimate of drug-likeness (QED) is 0.764. The summed E-state index contributed by atoms with van der Waals surface area (Å²) in [7, 11) is 1.93. The summed E-state index contributed by atoms with van der Waals surface area (Å²) in [5.74, 6) is 1.53. The monoisotopic (exact) mass is 193 g/mol. The van der Waals surface area contributed by atoms with Gasteiger partial charge in [0.05, 0.1) is 6.61 Å². The van der Waals surface area contributed by atoms with Gasteiger partial charge in [0.1, 0.15) is 11.5 Å². The Hall–Kier alpha value is -1.22. The van der Waals surface area contributed by atoms with Gasteiger partial charge >= 0.3 is 0 Å². The smallest absolute Gasteiger partial charge is 0.126 e. The first-order valence-electron chi connectivity index (χ1n) is 4.92. The van der Waals surface area contributed by atoms with Gasteiger partial charge in [-0.25, -0.2) is 0 Å². The highest BCUT2D eigenvalue weighted by molar-refractivity contribution is 5.48. The third-order valence-corrected chi connectivity index (χ3v) is 2.63. The van der Waals surface area contributed by atoms with Crippen LogP contribution in [0, 0.1) is 0 Å². The number of ether oxygens (including phenoxy) is 1. The summed E-state index contributed by atoms with van der Waals surface area (Å²) in [5.41, 5.74) is 0.975. The zero-order chi connectivity index (χ0) is 9.97. The number of fused-ring (bicyclic) bond motifs is 1. The Morgan fingerprint density at radius 2 is 2.43 bits per heavy atom. The molecule has 0 aliphatic carbocycles. The van der Waals surface area contributed by atoms with E-state index in [0.29, 0.717) is 18.3 Å². The minimum Gasteiger partial charge on any atom is -0.508 e. The van der Waals surface area contributed by atoms with Crippen LogP contribution in [0.2, 0.25) is 0 Å². The minimum atomic E-state index is 0.332. The van der Waals surface area contributed by atoms with Crippen LogP contribution in [0.25, 0.3) is 0 Å². The molecule has 1 aromatic rings. The topological polar surface area (TPSA) is 41.5 Å². The van der Waals surface area contributed by atoms with Gasteiger partial charge in [0, 0.05) is 11.5 Å². The highest BCUT2D eigenvalue weighted by Crippen LogP contribution is 2.41. The van der Waals surface area contributed by atoms with E-state index in [2.05, 4.69) is 5.32 Å². The van der Waals surface area contributed by atoms with E-state index in [-0.39, 0.29) is 0 Å². The molecule has 0 amide bonds. The lowest BCUT2D eigenvalue weighted by molar-refractivity contribution is 0.324. The van der Waals surface area contributed by atoms with Gasteiger partial charge in [-0.15, -0.1) is 0 Å². The van der Waals surface area contributed by atoms with E-state index in [9.17, 15) is 5.11 Å². The number of rotatable bonds is 3. The number of aromatic hydroxyl groups is 1. The van der Waals surface area contributed by atoms with Crippen LogP contribution in [-0.2, 0) is 0 Å². The normalized spacial score (nSPS) is 19.1. The molecule has 76 valence electrons. The van der Waals surface area contributed by atoms with Crippen LogP contribution in [0.4, 0.5) is 0 Å². The van der Waals surface area contributed by atoms with E-state index in [4.69, 9.17) is 4.74 Å². The molecule has 14 heavy (non-hydrogen) atoms. The fourth-order valence-corrected chi connectivity index (χ4v) is 1.89. The van der Waals surface area contributed by atoms with E-state index in [0.717, 1.165) is 24.3 Å². The third kappa shape index (κ3) is 1.55. The molecule has 1 aromatic carbocycles. The third-order valence-electron chi connectivity index (χ3n) is 2.63. The molecule has 2 rings (SSSR count). The number of hydrogen-bond donors (Lipinski definition) is 2. The lowest BCUT2D eigenvalue weighted by atomic mass is 9.97. The molecule has 0 fully saturated rings. The van der Waals surface area contributed by atoms with Crippen LogP contribution in [0.5, 0.6) is 11.5 Å². The standard InChI is InChI=1S/C11H15NO2/c1-12-6-5-8-7-14-10-4-2-3-9(13)11(8)10/h2-4,8,12-13H,5-7H2,1H3. The Kier molecular flexibility index (Phi) is 2.59. The van der Waals surface area contributed by atoms with Crippen LogP contribution in [-0.4, -0.2) is 25.3 Å². The largest absolute Gasteiger partial charge is 0.508 e. The average Bonchev–Trinajstić information content (AvgIpc) is 2.59. The molecule has 0 aromatic heterocycles. The average molecular weight is 193 g/mol. The van der Waals surface area contributed by atoms with Gasteiger partial charge < -0.3 is 15.2 Å². The van der Waals surface area contributed by atoms with Gasteiger partial charge in [0.25, 0.3) is 0 Å². The molecule has 0 saturated heterocycles. The van der Waals surface area contributed by atoms with E-state index < -0.39 is 0 Å². The predicted octanol–water partition coefficient (Wildman–Crippen LogP) is 1.48. The molecule has 1 heterocycles. The second kappa shape index (κ2) is 3.88. The predicted molar refractivity (Wildman–Crippen MR) is 54.9 cm³/mol. The molecule has 3 heteroatoms. The van der Waals surface area contributed by atoms with Crippen LogP contribution in [0.15, 0.2) is 18.2 Å². The fourth-order valence-electron chi connectivity index (χ4n) is 1.89. The van der Waals surface area contributed by atoms with E-state index in [1.807, 2.05) is 19.2 Å². The van der Waals surface area contributed by atoms with Crippen molar-refractivity contribution in [3.8, 4) is 11.5 Å². The van der Waals surface area contributed by atoms with Crippen molar-refractivity contribution in [3.05, 3.63) is 23.8 Å². The summed E-state index contributed by atoms with van der Waals surface area (Å²) in [6.45, 7) is 1.64. The number of phenols is 1. The highest BCUT2D eigenvalue weighted by Gasteiger charge is 2.26. The Morgan fingerprint density at radius 3 is 3.21 bits per heavy atom. The molecule has 0 bridgehead atoms. The Labute approximate surface area is 83.7 Å². The Morgan fingerprint density at radius 1 is 1.57 bits per heavy atom. The van der Waals surface area contributed by atoms with Gasteiger partial charge in [-0.1, -0.05) is 6.07 Å². The summed E-state index contributed by atoms with van der Waals surface area (Å²) in [5, 5.41) is 12.8. The summed E-state index contributed by atoms with van der Waals surface area (Å²) < 4.78 is 5.50. The lowest BCUT2D eigenvalue weighted by Gasteiger charge is -2.08. The first-order valence-corrected chi connectivity index (χ1v) is 4.92. The maximum Gasteiger partial charge on any atom is 0.126 e. The van der Waals surface area contributed by atoms with Crippen LogP contribution < -0.4 is 10.1 Å². The van der Waals surface area contributed by atoms with Crippen molar-refractivity contribution in [2.24, 2.45) is 0 Å². The van der Waals surface area contributed by atoms with Crippen LogP contribution in [0.3, 0.4) is 0 Å². The van der Waals surface area contributed by atoms with E-state index in [1.54, 1.807) is 6.07 Å². The zero-order valence-electron chi connectivity index (χ0n) is 8.29. The molecule has 0 saturated carbocycles. The first kappa shape index (κ1) is 9.34. The van der Waals surface area contributed by atoms with Crippen molar-refractivity contribution in [1.82, 2.24) is 5.32 Å². The number of benzene rings is 1. The lowest BCUT2D eigenvalue weighted by Crippen LogP contribution is -2.13. The fraction of sp³-hybridized carbons (Fsp3) is 0.455. The molecule has 1 aliphatic heterocycles. The molecule has 0 spiro atoms. The van der Waals surface area contributed by atoms with Crippen molar-refractivity contribution in [1.29, 1.82) is 0 Å². The van der Waals surface area contributed by atoms with E-state index >= 15 is 0 Å². The molecule has 1 atom stereocenters. The van der Waals surface area contributed by atoms with Crippen molar-refractivity contribution in [2.75, 3.05) is 20.2 Å². The van der Waals surface area contributed by atoms with Crippen molar-refractivity contribution in [2.45, 2.75) is 12.3 Å². The number of phenolic OH excluding ortho intramolecular Hbond substituents is 1. The zero-order valence-corrected chi connectivity index (χ0v) is 8.29.